The van der Waals surface area contributed by atoms with E-state index < -0.39 is 6.04 Å². The van der Waals surface area contributed by atoms with Gasteiger partial charge in [-0.15, -0.1) is 0 Å². The number of amides is 2. The quantitative estimate of drug-likeness (QED) is 0.874. The zero-order valence-corrected chi connectivity index (χ0v) is 13.4. The molecule has 0 aliphatic carbocycles. The third-order valence-electron chi connectivity index (χ3n) is 4.24. The Morgan fingerprint density at radius 3 is 2.43 bits per heavy atom. The molecule has 0 saturated carbocycles. The van der Waals surface area contributed by atoms with Crippen molar-refractivity contribution in [3.05, 3.63) is 65.7 Å². The van der Waals surface area contributed by atoms with Gasteiger partial charge in [-0.25, -0.2) is 0 Å². The topological polar surface area (TPSA) is 40.6 Å². The van der Waals surface area contributed by atoms with E-state index in [1.54, 1.807) is 16.8 Å². The molecule has 0 N–H and O–H groups in total. The van der Waals surface area contributed by atoms with Gasteiger partial charge in [0.25, 0.3) is 0 Å². The summed E-state index contributed by atoms with van der Waals surface area (Å²) in [6.07, 6.45) is 0.577. The van der Waals surface area contributed by atoms with Crippen LogP contribution in [0.15, 0.2) is 54.6 Å². The van der Waals surface area contributed by atoms with E-state index in [0.29, 0.717) is 13.0 Å². The van der Waals surface area contributed by atoms with Crippen molar-refractivity contribution in [2.24, 2.45) is 0 Å². The number of hydrogen-bond donors (Lipinski definition) is 0. The molecule has 0 spiro atoms. The first-order chi connectivity index (χ1) is 11.1. The van der Waals surface area contributed by atoms with Crippen LogP contribution in [0.5, 0.6) is 0 Å². The summed E-state index contributed by atoms with van der Waals surface area (Å²) in [5.41, 5.74) is 2.98. The Hall–Kier alpha value is -2.62. The number of benzene rings is 2. The molecule has 0 bridgehead atoms. The van der Waals surface area contributed by atoms with Crippen LogP contribution in [0.1, 0.15) is 18.1 Å². The second kappa shape index (κ2) is 6.24. The number of anilines is 1. The molecule has 0 fully saturated rings. The molecule has 3 rings (SSSR count). The fourth-order valence-electron chi connectivity index (χ4n) is 3.16. The van der Waals surface area contributed by atoms with E-state index in [2.05, 4.69) is 0 Å². The van der Waals surface area contributed by atoms with Crippen molar-refractivity contribution >= 4 is 17.5 Å². The van der Waals surface area contributed by atoms with Gasteiger partial charge in [0.15, 0.2) is 0 Å². The Morgan fingerprint density at radius 1 is 1.09 bits per heavy atom. The van der Waals surface area contributed by atoms with Crippen molar-refractivity contribution in [1.82, 2.24) is 4.90 Å². The van der Waals surface area contributed by atoms with Crippen molar-refractivity contribution in [1.29, 1.82) is 0 Å². The second-order valence-electron chi connectivity index (χ2n) is 5.92. The molecular formula is C19H20N2O2. The SMILES string of the molecule is CC(=O)N1c2ccccc2C[C@H]1C(=O)N(C)Cc1ccccc1. The van der Waals surface area contributed by atoms with Crippen molar-refractivity contribution in [3.8, 4) is 0 Å². The molecular weight excluding hydrogens is 288 g/mol. The van der Waals surface area contributed by atoms with E-state index in [1.807, 2.05) is 54.6 Å². The van der Waals surface area contributed by atoms with Gasteiger partial charge in [0, 0.05) is 32.6 Å². The Kier molecular flexibility index (Phi) is 4.15. The van der Waals surface area contributed by atoms with E-state index in [0.717, 1.165) is 16.8 Å². The summed E-state index contributed by atoms with van der Waals surface area (Å²) < 4.78 is 0. The van der Waals surface area contributed by atoms with Crippen molar-refractivity contribution in [2.45, 2.75) is 25.9 Å². The number of carbonyl (C=O) groups excluding carboxylic acids is 2. The normalized spacial score (nSPS) is 16.1. The highest BCUT2D eigenvalue weighted by molar-refractivity contribution is 6.02. The van der Waals surface area contributed by atoms with Crippen molar-refractivity contribution < 1.29 is 9.59 Å². The molecule has 23 heavy (non-hydrogen) atoms. The van der Waals surface area contributed by atoms with Crippen LogP contribution in [0.4, 0.5) is 5.69 Å². The van der Waals surface area contributed by atoms with Crippen LogP contribution in [0.25, 0.3) is 0 Å². The molecule has 1 heterocycles. The van der Waals surface area contributed by atoms with Gasteiger partial charge in [0.1, 0.15) is 6.04 Å². The highest BCUT2D eigenvalue weighted by Crippen LogP contribution is 2.32. The van der Waals surface area contributed by atoms with Crippen LogP contribution in [0.2, 0.25) is 0 Å². The van der Waals surface area contributed by atoms with E-state index >= 15 is 0 Å². The average molecular weight is 308 g/mol. The summed E-state index contributed by atoms with van der Waals surface area (Å²) in [6, 6.07) is 17.1. The number of likely N-dealkylation sites (N-methyl/N-ethyl adjacent to an activating group) is 1. The molecule has 2 amide bonds. The van der Waals surface area contributed by atoms with Crippen LogP contribution in [0.3, 0.4) is 0 Å². The Morgan fingerprint density at radius 2 is 1.74 bits per heavy atom. The molecule has 4 nitrogen and oxygen atoms in total. The molecule has 0 unspecified atom stereocenters. The molecule has 1 aliphatic rings. The molecule has 0 aromatic heterocycles. The first-order valence-corrected chi connectivity index (χ1v) is 7.74. The summed E-state index contributed by atoms with van der Waals surface area (Å²) in [7, 11) is 1.79. The minimum absolute atomic E-state index is 0.0275. The van der Waals surface area contributed by atoms with Crippen LogP contribution < -0.4 is 4.90 Å². The Balaban J connectivity index is 1.81. The van der Waals surface area contributed by atoms with Crippen molar-refractivity contribution in [2.75, 3.05) is 11.9 Å². The second-order valence-corrected chi connectivity index (χ2v) is 5.92. The number of fused-ring (bicyclic) bond motifs is 1. The van der Waals surface area contributed by atoms with E-state index in [1.165, 1.54) is 6.92 Å². The maximum atomic E-state index is 12.9. The van der Waals surface area contributed by atoms with Gasteiger partial charge in [-0.2, -0.15) is 0 Å². The van der Waals surface area contributed by atoms with Gasteiger partial charge in [0.05, 0.1) is 0 Å². The van der Waals surface area contributed by atoms with Crippen LogP contribution in [-0.2, 0) is 22.6 Å². The molecule has 118 valence electrons. The number of rotatable bonds is 3. The molecule has 1 aliphatic heterocycles. The Bertz CT molecular complexity index is 727. The van der Waals surface area contributed by atoms with E-state index in [-0.39, 0.29) is 11.8 Å². The van der Waals surface area contributed by atoms with Crippen molar-refractivity contribution in [3.63, 3.8) is 0 Å². The summed E-state index contributed by atoms with van der Waals surface area (Å²) >= 11 is 0. The molecule has 2 aromatic rings. The lowest BCUT2D eigenvalue weighted by molar-refractivity contribution is -0.133. The fourth-order valence-corrected chi connectivity index (χ4v) is 3.16. The molecule has 0 radical (unpaired) electrons. The molecule has 2 aromatic carbocycles. The molecule has 1 atom stereocenters. The zero-order chi connectivity index (χ0) is 16.4. The summed E-state index contributed by atoms with van der Waals surface area (Å²) in [5.74, 6) is -0.123. The van der Waals surface area contributed by atoms with Gasteiger partial charge >= 0.3 is 0 Å². The maximum Gasteiger partial charge on any atom is 0.246 e. The summed E-state index contributed by atoms with van der Waals surface area (Å²) in [6.45, 7) is 2.05. The lowest BCUT2D eigenvalue weighted by atomic mass is 10.1. The zero-order valence-electron chi connectivity index (χ0n) is 13.4. The smallest absolute Gasteiger partial charge is 0.246 e. The monoisotopic (exact) mass is 308 g/mol. The van der Waals surface area contributed by atoms with E-state index in [4.69, 9.17) is 0 Å². The van der Waals surface area contributed by atoms with Gasteiger partial charge in [-0.1, -0.05) is 48.5 Å². The third-order valence-corrected chi connectivity index (χ3v) is 4.24. The number of nitrogens with zero attached hydrogens (tertiary/aromatic N) is 2. The van der Waals surface area contributed by atoms with E-state index in [9.17, 15) is 9.59 Å². The largest absolute Gasteiger partial charge is 0.340 e. The predicted octanol–water partition coefficient (Wildman–Crippen LogP) is 2.62. The predicted molar refractivity (Wildman–Crippen MR) is 90.0 cm³/mol. The summed E-state index contributed by atoms with van der Waals surface area (Å²) in [5, 5.41) is 0. The minimum Gasteiger partial charge on any atom is -0.340 e. The van der Waals surface area contributed by atoms with Crippen LogP contribution >= 0.6 is 0 Å². The first-order valence-electron chi connectivity index (χ1n) is 7.74. The van der Waals surface area contributed by atoms with Crippen LogP contribution in [-0.4, -0.2) is 29.8 Å². The van der Waals surface area contributed by atoms with Gasteiger partial charge in [0.2, 0.25) is 11.8 Å². The van der Waals surface area contributed by atoms with Crippen LogP contribution in [0, 0.1) is 0 Å². The average Bonchev–Trinajstić information content (AvgIpc) is 2.94. The lowest BCUT2D eigenvalue weighted by Gasteiger charge is -2.27. The standard InChI is InChI=1S/C19H20N2O2/c1-14(22)21-17-11-7-6-10-16(17)12-18(21)19(23)20(2)13-15-8-4-3-5-9-15/h3-11,18H,12-13H2,1-2H3/t18-/m0/s1. The Labute approximate surface area is 136 Å². The number of carbonyl (C=O) groups is 2. The lowest BCUT2D eigenvalue weighted by Crippen LogP contribution is -2.47. The summed E-state index contributed by atoms with van der Waals surface area (Å²) in [4.78, 5) is 28.2. The highest BCUT2D eigenvalue weighted by Gasteiger charge is 2.37. The fraction of sp³-hybridized carbons (Fsp3) is 0.263. The van der Waals surface area contributed by atoms with Gasteiger partial charge in [-0.05, 0) is 17.2 Å². The van der Waals surface area contributed by atoms with Gasteiger partial charge in [-0.3, -0.25) is 14.5 Å². The third kappa shape index (κ3) is 2.97. The maximum absolute atomic E-state index is 12.9. The molecule has 0 saturated heterocycles. The highest BCUT2D eigenvalue weighted by atomic mass is 16.2. The molecule has 4 heteroatoms. The minimum atomic E-state index is -0.446. The number of para-hydroxylation sites is 1. The number of hydrogen-bond acceptors (Lipinski definition) is 2. The van der Waals surface area contributed by atoms with Gasteiger partial charge < -0.3 is 4.90 Å². The first kappa shape index (κ1) is 15.3.